The average Bonchev–Trinajstić information content (AvgIpc) is 2.99. The number of ketones is 1. The minimum atomic E-state index is -0.837. The minimum Gasteiger partial charge on any atom is -0.481 e. The van der Waals surface area contributed by atoms with Crippen molar-refractivity contribution in [2.75, 3.05) is 0 Å². The van der Waals surface area contributed by atoms with Gasteiger partial charge in [-0.2, -0.15) is 0 Å². The van der Waals surface area contributed by atoms with Crippen molar-refractivity contribution in [3.05, 3.63) is 29.3 Å². The molecule has 0 amide bonds. The summed E-state index contributed by atoms with van der Waals surface area (Å²) in [6.07, 6.45) is 7.27. The predicted octanol–water partition coefficient (Wildman–Crippen LogP) is 4.66. The summed E-state index contributed by atoms with van der Waals surface area (Å²) in [6.45, 7) is 2.19. The predicted molar refractivity (Wildman–Crippen MR) is 108 cm³/mol. The largest absolute Gasteiger partial charge is 0.481 e. The standard InChI is InChI=1S/C24H30O5/c1-24-13-12-18-17-9-7-16(29-23(28)5-3-2-4-22(26)27)14-15(17)6-8-19(18)20(24)10-11-21(24)25/h7,9,14,18-20H,2-6,8,10-13H2,1H3,(H,26,27)/t18-,19-,20+,24+/m1/s1. The molecule has 3 aliphatic carbocycles. The van der Waals surface area contributed by atoms with Crippen LogP contribution in [0.4, 0.5) is 0 Å². The van der Waals surface area contributed by atoms with Crippen molar-refractivity contribution in [1.82, 2.24) is 0 Å². The number of esters is 1. The Morgan fingerprint density at radius 2 is 1.93 bits per heavy atom. The van der Waals surface area contributed by atoms with Crippen LogP contribution in [0.1, 0.15) is 81.8 Å². The van der Waals surface area contributed by atoms with E-state index in [4.69, 9.17) is 9.84 Å². The van der Waals surface area contributed by atoms with Crippen LogP contribution in [0.5, 0.6) is 5.75 Å². The van der Waals surface area contributed by atoms with Crippen LogP contribution in [-0.2, 0) is 20.8 Å². The summed E-state index contributed by atoms with van der Waals surface area (Å²) in [5.74, 6) is 1.54. The fourth-order valence-electron chi connectivity index (χ4n) is 6.12. The lowest BCUT2D eigenvalue weighted by atomic mass is 9.55. The van der Waals surface area contributed by atoms with Crippen LogP contribution in [-0.4, -0.2) is 22.8 Å². The number of hydrogen-bond acceptors (Lipinski definition) is 4. The Labute approximate surface area is 171 Å². The lowest BCUT2D eigenvalue weighted by molar-refractivity contribution is -0.138. The van der Waals surface area contributed by atoms with Gasteiger partial charge in [-0.15, -0.1) is 0 Å². The van der Waals surface area contributed by atoms with E-state index in [9.17, 15) is 14.4 Å². The molecule has 1 aromatic carbocycles. The van der Waals surface area contributed by atoms with Crippen LogP contribution in [0.2, 0.25) is 0 Å². The second-order valence-corrected chi connectivity index (χ2v) is 9.27. The summed E-state index contributed by atoms with van der Waals surface area (Å²) in [6, 6.07) is 6.02. The summed E-state index contributed by atoms with van der Waals surface area (Å²) < 4.78 is 5.49. The van der Waals surface area contributed by atoms with Gasteiger partial charge in [-0.3, -0.25) is 14.4 Å². The number of carboxylic acid groups (broad SMARTS) is 1. The third-order valence-corrected chi connectivity index (χ3v) is 7.66. The van der Waals surface area contributed by atoms with Gasteiger partial charge in [0.1, 0.15) is 11.5 Å². The topological polar surface area (TPSA) is 80.7 Å². The van der Waals surface area contributed by atoms with Crippen molar-refractivity contribution in [2.45, 2.75) is 77.0 Å². The molecule has 0 bridgehead atoms. The van der Waals surface area contributed by atoms with Gasteiger partial charge >= 0.3 is 11.9 Å². The molecule has 5 nitrogen and oxygen atoms in total. The van der Waals surface area contributed by atoms with Crippen molar-refractivity contribution < 1.29 is 24.2 Å². The first-order valence-corrected chi connectivity index (χ1v) is 11.0. The first-order valence-electron chi connectivity index (χ1n) is 11.0. The second kappa shape index (κ2) is 7.92. The van der Waals surface area contributed by atoms with E-state index in [-0.39, 0.29) is 24.2 Å². The molecule has 0 radical (unpaired) electrons. The smallest absolute Gasteiger partial charge is 0.311 e. The molecule has 4 rings (SSSR count). The van der Waals surface area contributed by atoms with Crippen LogP contribution in [0.15, 0.2) is 18.2 Å². The zero-order valence-corrected chi connectivity index (χ0v) is 17.1. The van der Waals surface area contributed by atoms with Crippen LogP contribution in [0, 0.1) is 17.3 Å². The van der Waals surface area contributed by atoms with Crippen molar-refractivity contribution in [3.63, 3.8) is 0 Å². The molecular formula is C24H30O5. The highest BCUT2D eigenvalue weighted by atomic mass is 16.5. The zero-order valence-electron chi connectivity index (χ0n) is 17.1. The molecule has 5 heteroatoms. The van der Waals surface area contributed by atoms with Crippen molar-refractivity contribution in [2.24, 2.45) is 17.3 Å². The maximum absolute atomic E-state index is 12.4. The number of fused-ring (bicyclic) bond motifs is 5. The molecule has 156 valence electrons. The van der Waals surface area contributed by atoms with E-state index < -0.39 is 5.97 Å². The average molecular weight is 398 g/mol. The number of hydrogen-bond donors (Lipinski definition) is 1. The lowest BCUT2D eigenvalue weighted by Crippen LogP contribution is -2.42. The molecule has 0 aliphatic heterocycles. The molecule has 0 saturated heterocycles. The molecule has 3 aliphatic rings. The maximum Gasteiger partial charge on any atom is 0.311 e. The van der Waals surface area contributed by atoms with Gasteiger partial charge in [-0.25, -0.2) is 0 Å². The second-order valence-electron chi connectivity index (χ2n) is 9.27. The number of Topliss-reactive ketones (excluding diaryl/α,β-unsaturated/α-hetero) is 1. The van der Waals surface area contributed by atoms with E-state index in [0.717, 1.165) is 38.5 Å². The highest BCUT2D eigenvalue weighted by Crippen LogP contribution is 2.59. The van der Waals surface area contributed by atoms with Crippen LogP contribution >= 0.6 is 0 Å². The highest BCUT2D eigenvalue weighted by Gasteiger charge is 2.54. The molecule has 0 unspecified atom stereocenters. The van der Waals surface area contributed by atoms with Crippen molar-refractivity contribution in [1.29, 1.82) is 0 Å². The van der Waals surface area contributed by atoms with E-state index in [0.29, 0.717) is 42.1 Å². The Balaban J connectivity index is 1.40. The van der Waals surface area contributed by atoms with Gasteiger partial charge in [0.05, 0.1) is 0 Å². The molecule has 0 aromatic heterocycles. The number of carbonyl (C=O) groups excluding carboxylic acids is 2. The Morgan fingerprint density at radius 3 is 2.72 bits per heavy atom. The highest BCUT2D eigenvalue weighted by molar-refractivity contribution is 5.87. The summed E-state index contributed by atoms with van der Waals surface area (Å²) in [5, 5.41) is 8.65. The fourth-order valence-corrected chi connectivity index (χ4v) is 6.12. The lowest BCUT2D eigenvalue weighted by Gasteiger charge is -2.48. The third kappa shape index (κ3) is 3.84. The number of rotatable bonds is 6. The molecule has 1 aromatic rings. The first kappa shape index (κ1) is 20.1. The fraction of sp³-hybridized carbons (Fsp3) is 0.625. The number of aliphatic carboxylic acids is 1. The molecule has 4 atom stereocenters. The summed E-state index contributed by atoms with van der Waals surface area (Å²) in [5.41, 5.74) is 2.55. The molecule has 1 N–H and O–H groups in total. The van der Waals surface area contributed by atoms with Crippen LogP contribution in [0.25, 0.3) is 0 Å². The Hall–Kier alpha value is -2.17. The number of ether oxygens (including phenoxy) is 1. The van der Waals surface area contributed by atoms with Gasteiger partial charge in [-0.05, 0) is 86.0 Å². The maximum atomic E-state index is 12.4. The number of aryl methyl sites for hydroxylation is 1. The minimum absolute atomic E-state index is 0.0836. The molecule has 0 spiro atoms. The molecule has 2 saturated carbocycles. The van der Waals surface area contributed by atoms with E-state index in [1.54, 1.807) is 0 Å². The number of carbonyl (C=O) groups is 3. The Bertz CT molecular complexity index is 829. The first-order chi connectivity index (χ1) is 13.9. The van der Waals surface area contributed by atoms with E-state index in [1.165, 1.54) is 11.1 Å². The van der Waals surface area contributed by atoms with Gasteiger partial charge < -0.3 is 9.84 Å². The quantitative estimate of drug-likeness (QED) is 0.428. The van der Waals surface area contributed by atoms with Crippen molar-refractivity contribution >= 4 is 17.7 Å². The summed E-state index contributed by atoms with van der Waals surface area (Å²) >= 11 is 0. The van der Waals surface area contributed by atoms with E-state index in [1.807, 2.05) is 12.1 Å². The van der Waals surface area contributed by atoms with E-state index >= 15 is 0 Å². The van der Waals surface area contributed by atoms with Crippen LogP contribution < -0.4 is 4.74 Å². The van der Waals surface area contributed by atoms with Crippen molar-refractivity contribution in [3.8, 4) is 5.75 Å². The van der Waals surface area contributed by atoms with Gasteiger partial charge in [-0.1, -0.05) is 13.0 Å². The molecular weight excluding hydrogens is 368 g/mol. The molecule has 29 heavy (non-hydrogen) atoms. The Morgan fingerprint density at radius 1 is 1.14 bits per heavy atom. The van der Waals surface area contributed by atoms with E-state index in [2.05, 4.69) is 13.0 Å². The monoisotopic (exact) mass is 398 g/mol. The van der Waals surface area contributed by atoms with Crippen LogP contribution in [0.3, 0.4) is 0 Å². The van der Waals surface area contributed by atoms with Gasteiger partial charge in [0, 0.05) is 24.7 Å². The zero-order chi connectivity index (χ0) is 20.6. The van der Waals surface area contributed by atoms with Gasteiger partial charge in [0.15, 0.2) is 0 Å². The summed E-state index contributed by atoms with van der Waals surface area (Å²) in [7, 11) is 0. The number of carboxylic acids is 1. The Kier molecular flexibility index (Phi) is 5.50. The molecule has 0 heterocycles. The molecule has 2 fully saturated rings. The number of benzene rings is 1. The summed E-state index contributed by atoms with van der Waals surface area (Å²) in [4.78, 5) is 35.0. The number of unbranched alkanes of at least 4 members (excludes halogenated alkanes) is 1. The SMILES string of the molecule is C[C@]12CC[C@@H]3c4ccc(OC(=O)CCCCC(=O)O)cc4CC[C@H]3[C@@H]1CCC2=O. The normalized spacial score (nSPS) is 30.2. The third-order valence-electron chi connectivity index (χ3n) is 7.66. The van der Waals surface area contributed by atoms with Gasteiger partial charge in [0.2, 0.25) is 0 Å². The van der Waals surface area contributed by atoms with Gasteiger partial charge in [0.25, 0.3) is 0 Å².